The molecule has 0 unspecified atom stereocenters. The molecule has 0 bridgehead atoms. The highest BCUT2D eigenvalue weighted by Gasteiger charge is 2.31. The van der Waals surface area contributed by atoms with Crippen LogP contribution in [0.25, 0.3) is 23.0 Å². The van der Waals surface area contributed by atoms with Gasteiger partial charge >= 0.3 is 0 Å². The lowest BCUT2D eigenvalue weighted by Crippen LogP contribution is -2.28. The van der Waals surface area contributed by atoms with Gasteiger partial charge in [-0.25, -0.2) is 4.68 Å². The Morgan fingerprint density at radius 2 is 1.94 bits per heavy atom. The standard InChI is InChI=1S/C27H29N3O2S2/c1-5-13-29-26(31)24(34-27(29)33)15-20-16-30(21-9-7-6-8-10-21)28-25(20)23-12-11-22(14-19(23)4)32-17-18(2)3/h6-12,14-16,18H,5,13,17H2,1-4H3/b24-15-. The van der Waals surface area contributed by atoms with E-state index in [1.807, 2.05) is 72.4 Å². The van der Waals surface area contributed by atoms with Crippen LogP contribution in [0.1, 0.15) is 38.3 Å². The third-order valence-corrected chi connectivity index (χ3v) is 6.78. The number of thiocarbonyl (C=S) groups is 1. The lowest BCUT2D eigenvalue weighted by molar-refractivity contribution is -0.122. The fraction of sp³-hybridized carbons (Fsp3) is 0.296. The molecule has 0 spiro atoms. The molecular formula is C27H29N3O2S2. The van der Waals surface area contributed by atoms with Crippen LogP contribution >= 0.6 is 24.0 Å². The Morgan fingerprint density at radius 1 is 1.18 bits per heavy atom. The first kappa shape index (κ1) is 24.2. The van der Waals surface area contributed by atoms with Crippen molar-refractivity contribution in [2.75, 3.05) is 13.2 Å². The van der Waals surface area contributed by atoms with Crippen LogP contribution in [0, 0.1) is 12.8 Å². The van der Waals surface area contributed by atoms with Gasteiger partial charge in [-0.2, -0.15) is 5.10 Å². The third-order valence-electron chi connectivity index (χ3n) is 5.41. The SMILES string of the molecule is CCCN1C(=O)/C(=C/c2cn(-c3ccccc3)nc2-c2ccc(OCC(C)C)cc2C)SC1=S. The third kappa shape index (κ3) is 5.26. The quantitative estimate of drug-likeness (QED) is 0.266. The number of para-hydroxylation sites is 1. The summed E-state index contributed by atoms with van der Waals surface area (Å²) >= 11 is 6.81. The molecule has 34 heavy (non-hydrogen) atoms. The summed E-state index contributed by atoms with van der Waals surface area (Å²) in [6.07, 6.45) is 4.75. The molecule has 1 amide bonds. The van der Waals surface area contributed by atoms with Gasteiger partial charge in [0.25, 0.3) is 5.91 Å². The number of thioether (sulfide) groups is 1. The number of aryl methyl sites for hydroxylation is 1. The largest absolute Gasteiger partial charge is 0.493 e. The summed E-state index contributed by atoms with van der Waals surface area (Å²) < 4.78 is 8.37. The van der Waals surface area contributed by atoms with Crippen molar-refractivity contribution in [3.05, 3.63) is 70.8 Å². The molecule has 7 heteroatoms. The second-order valence-corrected chi connectivity index (χ2v) is 10.4. The Balaban J connectivity index is 1.76. The Labute approximate surface area is 210 Å². The van der Waals surface area contributed by atoms with E-state index in [-0.39, 0.29) is 5.91 Å². The number of hydrogen-bond donors (Lipinski definition) is 0. The summed E-state index contributed by atoms with van der Waals surface area (Å²) in [7, 11) is 0. The molecule has 1 aromatic heterocycles. The molecule has 5 nitrogen and oxygen atoms in total. The van der Waals surface area contributed by atoms with Gasteiger partial charge in [0.15, 0.2) is 0 Å². The van der Waals surface area contributed by atoms with Crippen molar-refractivity contribution in [3.63, 3.8) is 0 Å². The molecule has 0 aliphatic carbocycles. The summed E-state index contributed by atoms with van der Waals surface area (Å²) in [4.78, 5) is 15.3. The number of hydrogen-bond acceptors (Lipinski definition) is 5. The van der Waals surface area contributed by atoms with Crippen LogP contribution < -0.4 is 4.74 Å². The number of carbonyl (C=O) groups is 1. The number of rotatable bonds is 8. The van der Waals surface area contributed by atoms with Crippen LogP contribution in [0.5, 0.6) is 5.75 Å². The molecule has 1 aliphatic rings. The average Bonchev–Trinajstić information content (AvgIpc) is 3.35. The van der Waals surface area contributed by atoms with Crippen LogP contribution in [-0.2, 0) is 4.79 Å². The zero-order chi connectivity index (χ0) is 24.2. The predicted octanol–water partition coefficient (Wildman–Crippen LogP) is 6.49. The first-order chi connectivity index (χ1) is 16.4. The number of amides is 1. The summed E-state index contributed by atoms with van der Waals surface area (Å²) in [5, 5.41) is 4.92. The average molecular weight is 492 g/mol. The predicted molar refractivity (Wildman–Crippen MR) is 144 cm³/mol. The zero-order valence-corrected chi connectivity index (χ0v) is 21.6. The number of aromatic nitrogens is 2. The van der Waals surface area contributed by atoms with E-state index < -0.39 is 0 Å². The molecule has 1 saturated heterocycles. The lowest BCUT2D eigenvalue weighted by atomic mass is 10.0. The number of benzene rings is 2. The summed E-state index contributed by atoms with van der Waals surface area (Å²) in [5.74, 6) is 1.27. The van der Waals surface area contributed by atoms with Crippen LogP contribution in [0.4, 0.5) is 0 Å². The highest BCUT2D eigenvalue weighted by Crippen LogP contribution is 2.36. The number of carbonyl (C=O) groups excluding carboxylic acids is 1. The Kier molecular flexibility index (Phi) is 7.54. The topological polar surface area (TPSA) is 47.4 Å². The van der Waals surface area contributed by atoms with Gasteiger partial charge in [0.2, 0.25) is 0 Å². The van der Waals surface area contributed by atoms with E-state index in [9.17, 15) is 4.79 Å². The van der Waals surface area contributed by atoms with E-state index in [0.29, 0.717) is 28.3 Å². The van der Waals surface area contributed by atoms with Crippen LogP contribution in [0.15, 0.2) is 59.6 Å². The lowest BCUT2D eigenvalue weighted by Gasteiger charge is -2.12. The van der Waals surface area contributed by atoms with E-state index in [1.54, 1.807) is 4.90 Å². The van der Waals surface area contributed by atoms with Crippen molar-refractivity contribution in [2.45, 2.75) is 34.1 Å². The fourth-order valence-electron chi connectivity index (χ4n) is 3.73. The minimum absolute atomic E-state index is 0.0376. The second-order valence-electron chi connectivity index (χ2n) is 8.73. The van der Waals surface area contributed by atoms with Gasteiger partial charge in [0, 0.05) is 23.9 Å². The molecule has 0 saturated carbocycles. The molecule has 0 N–H and O–H groups in total. The van der Waals surface area contributed by atoms with E-state index in [2.05, 4.69) is 20.8 Å². The minimum Gasteiger partial charge on any atom is -0.493 e. The summed E-state index contributed by atoms with van der Waals surface area (Å²) in [6, 6.07) is 16.0. The van der Waals surface area contributed by atoms with Crippen molar-refractivity contribution in [3.8, 4) is 22.7 Å². The van der Waals surface area contributed by atoms with Crippen LogP contribution in [-0.4, -0.2) is 38.1 Å². The highest BCUT2D eigenvalue weighted by atomic mass is 32.2. The molecule has 2 heterocycles. The van der Waals surface area contributed by atoms with E-state index in [0.717, 1.165) is 40.2 Å². The molecule has 4 rings (SSSR count). The normalized spacial score (nSPS) is 15.1. The number of nitrogens with zero attached hydrogens (tertiary/aromatic N) is 3. The van der Waals surface area contributed by atoms with Gasteiger partial charge < -0.3 is 4.74 Å². The van der Waals surface area contributed by atoms with Gasteiger partial charge in [-0.1, -0.05) is 63.0 Å². The van der Waals surface area contributed by atoms with Gasteiger partial charge in [-0.3, -0.25) is 9.69 Å². The summed E-state index contributed by atoms with van der Waals surface area (Å²) in [5.41, 5.74) is 4.71. The highest BCUT2D eigenvalue weighted by molar-refractivity contribution is 8.26. The van der Waals surface area contributed by atoms with Crippen molar-refractivity contribution in [1.82, 2.24) is 14.7 Å². The van der Waals surface area contributed by atoms with Crippen molar-refractivity contribution in [1.29, 1.82) is 0 Å². The first-order valence-electron chi connectivity index (χ1n) is 11.5. The minimum atomic E-state index is -0.0376. The maximum absolute atomic E-state index is 13.0. The Hall–Kier alpha value is -2.90. The van der Waals surface area contributed by atoms with Gasteiger partial charge in [0.1, 0.15) is 15.8 Å². The monoisotopic (exact) mass is 491 g/mol. The molecule has 0 atom stereocenters. The van der Waals surface area contributed by atoms with Gasteiger partial charge in [0.05, 0.1) is 17.2 Å². The van der Waals surface area contributed by atoms with E-state index in [4.69, 9.17) is 22.1 Å². The number of ether oxygens (including phenoxy) is 1. The van der Waals surface area contributed by atoms with E-state index >= 15 is 0 Å². The molecule has 176 valence electrons. The molecule has 2 aromatic carbocycles. The van der Waals surface area contributed by atoms with Crippen molar-refractivity contribution in [2.24, 2.45) is 5.92 Å². The molecule has 3 aromatic rings. The van der Waals surface area contributed by atoms with Crippen LogP contribution in [0.2, 0.25) is 0 Å². The zero-order valence-electron chi connectivity index (χ0n) is 19.9. The molecule has 1 fully saturated rings. The second kappa shape index (κ2) is 10.6. The van der Waals surface area contributed by atoms with Crippen LogP contribution in [0.3, 0.4) is 0 Å². The molecule has 1 aliphatic heterocycles. The Bertz CT molecular complexity index is 1230. The molecular weight excluding hydrogens is 462 g/mol. The molecule has 0 radical (unpaired) electrons. The summed E-state index contributed by atoms with van der Waals surface area (Å²) in [6.45, 7) is 9.67. The van der Waals surface area contributed by atoms with E-state index in [1.165, 1.54) is 11.8 Å². The van der Waals surface area contributed by atoms with Gasteiger partial charge in [-0.05, 0) is 61.2 Å². The van der Waals surface area contributed by atoms with Gasteiger partial charge in [-0.15, -0.1) is 0 Å². The van der Waals surface area contributed by atoms with Crippen molar-refractivity contribution < 1.29 is 9.53 Å². The Morgan fingerprint density at radius 3 is 2.62 bits per heavy atom. The maximum atomic E-state index is 13.0. The first-order valence-corrected chi connectivity index (χ1v) is 12.7. The maximum Gasteiger partial charge on any atom is 0.266 e. The van der Waals surface area contributed by atoms with Crippen molar-refractivity contribution >= 4 is 40.3 Å². The fourth-order valence-corrected chi connectivity index (χ4v) is 5.03. The smallest absolute Gasteiger partial charge is 0.266 e.